The van der Waals surface area contributed by atoms with E-state index in [1.54, 1.807) is 12.1 Å². The molecular formula is C18H29F. The van der Waals surface area contributed by atoms with Crippen LogP contribution in [0.5, 0.6) is 0 Å². The number of aryl methyl sites for hydroxylation is 1. The second kappa shape index (κ2) is 7.07. The minimum absolute atomic E-state index is 0.108. The van der Waals surface area contributed by atoms with Gasteiger partial charge >= 0.3 is 0 Å². The maximum Gasteiger partial charge on any atom is 0.123 e. The van der Waals surface area contributed by atoms with Crippen LogP contribution in [0.4, 0.5) is 4.39 Å². The molecule has 0 nitrogen and oxygen atoms in total. The van der Waals surface area contributed by atoms with Crippen molar-refractivity contribution < 1.29 is 4.39 Å². The van der Waals surface area contributed by atoms with Crippen LogP contribution in [0.1, 0.15) is 71.4 Å². The Morgan fingerprint density at radius 1 is 1.16 bits per heavy atom. The molecule has 0 radical (unpaired) electrons. The molecule has 108 valence electrons. The molecule has 0 aromatic heterocycles. The van der Waals surface area contributed by atoms with E-state index in [0.717, 1.165) is 12.3 Å². The van der Waals surface area contributed by atoms with Gasteiger partial charge in [0.1, 0.15) is 5.82 Å². The van der Waals surface area contributed by atoms with Gasteiger partial charge in [0, 0.05) is 0 Å². The maximum atomic E-state index is 13.4. The molecule has 1 heteroatoms. The monoisotopic (exact) mass is 264 g/mol. The molecule has 0 saturated heterocycles. The molecular weight excluding hydrogens is 235 g/mol. The molecule has 1 rings (SSSR count). The van der Waals surface area contributed by atoms with Crippen molar-refractivity contribution in [1.82, 2.24) is 0 Å². The summed E-state index contributed by atoms with van der Waals surface area (Å²) in [5.41, 5.74) is 2.73. The molecule has 0 aliphatic heterocycles. The zero-order chi connectivity index (χ0) is 14.5. The van der Waals surface area contributed by atoms with Gasteiger partial charge in [0.05, 0.1) is 0 Å². The first-order chi connectivity index (χ1) is 8.92. The third-order valence-electron chi connectivity index (χ3n) is 4.17. The topological polar surface area (TPSA) is 0 Å². The Bertz CT molecular complexity index is 395. The van der Waals surface area contributed by atoms with Crippen molar-refractivity contribution in [2.75, 3.05) is 0 Å². The van der Waals surface area contributed by atoms with Crippen molar-refractivity contribution in [2.45, 2.75) is 72.1 Å². The van der Waals surface area contributed by atoms with E-state index in [9.17, 15) is 4.39 Å². The molecule has 19 heavy (non-hydrogen) atoms. The lowest BCUT2D eigenvalue weighted by Crippen LogP contribution is -2.24. The lowest BCUT2D eigenvalue weighted by molar-refractivity contribution is 0.355. The average Bonchev–Trinajstić information content (AvgIpc) is 2.36. The molecule has 1 aromatic rings. The predicted molar refractivity (Wildman–Crippen MR) is 82.1 cm³/mol. The zero-order valence-corrected chi connectivity index (χ0v) is 13.2. The van der Waals surface area contributed by atoms with Crippen LogP contribution in [0.15, 0.2) is 18.2 Å². The average molecular weight is 264 g/mol. The summed E-state index contributed by atoms with van der Waals surface area (Å²) in [7, 11) is 0. The van der Waals surface area contributed by atoms with Gasteiger partial charge in [-0.2, -0.15) is 0 Å². The highest BCUT2D eigenvalue weighted by atomic mass is 19.1. The fourth-order valence-electron chi connectivity index (χ4n) is 3.00. The molecule has 0 amide bonds. The minimum Gasteiger partial charge on any atom is -0.207 e. The van der Waals surface area contributed by atoms with Crippen LogP contribution in [0.25, 0.3) is 0 Å². The fraction of sp³-hybridized carbons (Fsp3) is 0.667. The quantitative estimate of drug-likeness (QED) is 0.576. The lowest BCUT2D eigenvalue weighted by Gasteiger charge is -2.33. The van der Waals surface area contributed by atoms with Crippen LogP contribution < -0.4 is 0 Å². The number of hydrogen-bond donors (Lipinski definition) is 0. The van der Waals surface area contributed by atoms with E-state index >= 15 is 0 Å². The highest BCUT2D eigenvalue weighted by Crippen LogP contribution is 2.37. The normalized spacial score (nSPS) is 14.7. The number of halogens is 1. The fourth-order valence-corrected chi connectivity index (χ4v) is 3.00. The van der Waals surface area contributed by atoms with Crippen molar-refractivity contribution in [3.63, 3.8) is 0 Å². The van der Waals surface area contributed by atoms with Crippen molar-refractivity contribution >= 4 is 0 Å². The Hall–Kier alpha value is -0.850. The zero-order valence-electron chi connectivity index (χ0n) is 13.2. The standard InChI is InChI=1S/C18H29F/c1-6-11-18(5,12-10-14(3)4)17-9-8-16(19)13-15(17)7-2/h8-9,13-14H,6-7,10-12H2,1-5H3. The van der Waals surface area contributed by atoms with Crippen LogP contribution in [0, 0.1) is 11.7 Å². The Kier molecular flexibility index (Phi) is 6.03. The second-order valence-electron chi connectivity index (χ2n) is 6.40. The van der Waals surface area contributed by atoms with Crippen molar-refractivity contribution in [1.29, 1.82) is 0 Å². The highest BCUT2D eigenvalue weighted by molar-refractivity contribution is 5.34. The van der Waals surface area contributed by atoms with Crippen LogP contribution in [0.3, 0.4) is 0 Å². The van der Waals surface area contributed by atoms with E-state index in [1.807, 2.05) is 6.07 Å². The van der Waals surface area contributed by atoms with Crippen LogP contribution in [0.2, 0.25) is 0 Å². The number of rotatable bonds is 7. The first-order valence-electron chi connectivity index (χ1n) is 7.71. The van der Waals surface area contributed by atoms with E-state index < -0.39 is 0 Å². The Morgan fingerprint density at radius 2 is 1.84 bits per heavy atom. The van der Waals surface area contributed by atoms with Gasteiger partial charge < -0.3 is 0 Å². The van der Waals surface area contributed by atoms with Gasteiger partial charge in [0.15, 0.2) is 0 Å². The van der Waals surface area contributed by atoms with E-state index in [-0.39, 0.29) is 11.2 Å². The molecule has 0 aliphatic carbocycles. The van der Waals surface area contributed by atoms with E-state index in [4.69, 9.17) is 0 Å². The van der Waals surface area contributed by atoms with E-state index in [1.165, 1.54) is 36.8 Å². The molecule has 0 fully saturated rings. The van der Waals surface area contributed by atoms with Gasteiger partial charge in [-0.25, -0.2) is 4.39 Å². The molecule has 0 saturated carbocycles. The minimum atomic E-state index is -0.108. The molecule has 0 bridgehead atoms. The summed E-state index contributed by atoms with van der Waals surface area (Å²) < 4.78 is 13.4. The predicted octanol–water partition coefficient (Wildman–Crippen LogP) is 5.88. The molecule has 0 aliphatic rings. The van der Waals surface area contributed by atoms with Crippen LogP contribution in [-0.4, -0.2) is 0 Å². The van der Waals surface area contributed by atoms with Crippen LogP contribution >= 0.6 is 0 Å². The van der Waals surface area contributed by atoms with E-state index in [2.05, 4.69) is 34.6 Å². The summed E-state index contributed by atoms with van der Waals surface area (Å²) in [5, 5.41) is 0. The van der Waals surface area contributed by atoms with Crippen molar-refractivity contribution in [2.24, 2.45) is 5.92 Å². The van der Waals surface area contributed by atoms with Gasteiger partial charge in [0.2, 0.25) is 0 Å². The Labute approximate surface area is 118 Å². The van der Waals surface area contributed by atoms with E-state index in [0.29, 0.717) is 0 Å². The first kappa shape index (κ1) is 16.2. The molecule has 1 unspecified atom stereocenters. The Morgan fingerprint density at radius 3 is 2.37 bits per heavy atom. The summed E-state index contributed by atoms with van der Waals surface area (Å²) >= 11 is 0. The summed E-state index contributed by atoms with van der Waals surface area (Å²) in [6.45, 7) is 11.3. The largest absolute Gasteiger partial charge is 0.207 e. The maximum absolute atomic E-state index is 13.4. The van der Waals surface area contributed by atoms with Crippen LogP contribution in [-0.2, 0) is 11.8 Å². The van der Waals surface area contributed by atoms with Crippen molar-refractivity contribution in [3.8, 4) is 0 Å². The van der Waals surface area contributed by atoms with Gasteiger partial charge in [-0.3, -0.25) is 0 Å². The summed E-state index contributed by atoms with van der Waals surface area (Å²) in [6, 6.07) is 5.36. The smallest absolute Gasteiger partial charge is 0.123 e. The summed E-state index contributed by atoms with van der Waals surface area (Å²) in [6.07, 6.45) is 5.69. The highest BCUT2D eigenvalue weighted by Gasteiger charge is 2.27. The molecule has 1 atom stereocenters. The van der Waals surface area contributed by atoms with Gasteiger partial charge in [-0.05, 0) is 53.9 Å². The Balaban J connectivity index is 3.09. The molecule has 0 heterocycles. The number of benzene rings is 1. The van der Waals surface area contributed by atoms with Gasteiger partial charge in [0.25, 0.3) is 0 Å². The van der Waals surface area contributed by atoms with Crippen molar-refractivity contribution in [3.05, 3.63) is 35.1 Å². The molecule has 0 spiro atoms. The summed E-state index contributed by atoms with van der Waals surface area (Å²) in [5.74, 6) is 0.616. The molecule has 0 N–H and O–H groups in total. The lowest BCUT2D eigenvalue weighted by atomic mass is 9.72. The molecule has 1 aromatic carbocycles. The first-order valence-corrected chi connectivity index (χ1v) is 7.71. The van der Waals surface area contributed by atoms with Gasteiger partial charge in [-0.15, -0.1) is 0 Å². The SMILES string of the molecule is CCCC(C)(CCC(C)C)c1ccc(F)cc1CC. The third-order valence-corrected chi connectivity index (χ3v) is 4.17. The number of hydrogen-bond acceptors (Lipinski definition) is 0. The summed E-state index contributed by atoms with van der Waals surface area (Å²) in [4.78, 5) is 0. The van der Waals surface area contributed by atoms with Gasteiger partial charge in [-0.1, -0.05) is 53.5 Å². The third kappa shape index (κ3) is 4.33. The second-order valence-corrected chi connectivity index (χ2v) is 6.40.